The van der Waals surface area contributed by atoms with Crippen LogP contribution in [0.15, 0.2) is 24.3 Å². The summed E-state index contributed by atoms with van der Waals surface area (Å²) < 4.78 is 5.20. The molecule has 0 spiro atoms. The van der Waals surface area contributed by atoms with Crippen molar-refractivity contribution in [3.8, 4) is 5.75 Å². The van der Waals surface area contributed by atoms with Gasteiger partial charge in [0.15, 0.2) is 0 Å². The first kappa shape index (κ1) is 13.8. The van der Waals surface area contributed by atoms with Crippen LogP contribution in [0.25, 0.3) is 0 Å². The van der Waals surface area contributed by atoms with Gasteiger partial charge in [0, 0.05) is 12.1 Å². The molecule has 0 aliphatic carbocycles. The third-order valence-corrected chi connectivity index (χ3v) is 3.43. The van der Waals surface area contributed by atoms with Gasteiger partial charge in [-0.25, -0.2) is 0 Å². The minimum Gasteiger partial charge on any atom is -0.495 e. The molecule has 1 unspecified atom stereocenters. The number of nitrogens with one attached hydrogen (secondary N) is 3. The predicted octanol–water partition coefficient (Wildman–Crippen LogP) is 0.975. The lowest BCUT2D eigenvalue weighted by atomic mass is 10.0. The van der Waals surface area contributed by atoms with Crippen molar-refractivity contribution in [3.63, 3.8) is 0 Å². The zero-order chi connectivity index (χ0) is 13.7. The average molecular weight is 263 g/mol. The molecule has 2 rings (SSSR count). The molecule has 1 amide bonds. The van der Waals surface area contributed by atoms with Crippen molar-refractivity contribution in [1.82, 2.24) is 10.6 Å². The van der Waals surface area contributed by atoms with Gasteiger partial charge < -0.3 is 20.7 Å². The monoisotopic (exact) mass is 263 g/mol. The van der Waals surface area contributed by atoms with Crippen molar-refractivity contribution in [2.75, 3.05) is 32.1 Å². The summed E-state index contributed by atoms with van der Waals surface area (Å²) in [4.78, 5) is 11.9. The number of benzene rings is 1. The Labute approximate surface area is 113 Å². The molecule has 1 fully saturated rings. The zero-order valence-corrected chi connectivity index (χ0v) is 11.5. The average Bonchev–Trinajstić information content (AvgIpc) is 2.85. The molecule has 3 N–H and O–H groups in total. The molecule has 1 atom stereocenters. The molecule has 5 nitrogen and oxygen atoms in total. The van der Waals surface area contributed by atoms with Crippen molar-refractivity contribution in [2.45, 2.75) is 18.9 Å². The molecule has 104 valence electrons. The van der Waals surface area contributed by atoms with E-state index >= 15 is 0 Å². The van der Waals surface area contributed by atoms with E-state index in [0.29, 0.717) is 18.0 Å². The summed E-state index contributed by atoms with van der Waals surface area (Å²) in [6.45, 7) is 4.33. The largest absolute Gasteiger partial charge is 0.495 e. The number of carbonyl (C=O) groups is 1. The Morgan fingerprint density at radius 2 is 2.26 bits per heavy atom. The highest BCUT2D eigenvalue weighted by Crippen LogP contribution is 2.22. The summed E-state index contributed by atoms with van der Waals surface area (Å²) in [6, 6.07) is 7.40. The second kappa shape index (κ2) is 6.04. The van der Waals surface area contributed by atoms with Gasteiger partial charge in [-0.15, -0.1) is 0 Å². The fourth-order valence-electron chi connectivity index (χ4n) is 2.20. The third kappa shape index (κ3) is 3.68. The highest BCUT2D eigenvalue weighted by atomic mass is 16.5. The fourth-order valence-corrected chi connectivity index (χ4v) is 2.20. The number of amides is 1. The van der Waals surface area contributed by atoms with E-state index in [1.807, 2.05) is 24.3 Å². The molecule has 1 saturated heterocycles. The van der Waals surface area contributed by atoms with Gasteiger partial charge in [0.1, 0.15) is 5.75 Å². The lowest BCUT2D eigenvalue weighted by molar-refractivity contribution is -0.115. The lowest BCUT2D eigenvalue weighted by Crippen LogP contribution is -2.47. The summed E-state index contributed by atoms with van der Waals surface area (Å²) in [7, 11) is 1.59. The zero-order valence-electron chi connectivity index (χ0n) is 11.5. The minimum atomic E-state index is -0.0578. The maximum absolute atomic E-state index is 11.9. The predicted molar refractivity (Wildman–Crippen MR) is 75.5 cm³/mol. The van der Waals surface area contributed by atoms with Gasteiger partial charge in [-0.1, -0.05) is 12.1 Å². The normalized spacial score (nSPS) is 22.2. The van der Waals surface area contributed by atoms with Crippen molar-refractivity contribution in [3.05, 3.63) is 24.3 Å². The maximum Gasteiger partial charge on any atom is 0.238 e. The first-order valence-electron chi connectivity index (χ1n) is 6.52. The van der Waals surface area contributed by atoms with Crippen LogP contribution in [0, 0.1) is 0 Å². The molecule has 0 bridgehead atoms. The molecule has 1 aromatic carbocycles. The molecule has 19 heavy (non-hydrogen) atoms. The third-order valence-electron chi connectivity index (χ3n) is 3.43. The number of carbonyl (C=O) groups excluding carboxylic acids is 1. The van der Waals surface area contributed by atoms with E-state index in [0.717, 1.165) is 19.5 Å². The highest BCUT2D eigenvalue weighted by Gasteiger charge is 2.28. The fraction of sp³-hybridized carbons (Fsp3) is 0.500. The van der Waals surface area contributed by atoms with Crippen molar-refractivity contribution in [2.24, 2.45) is 0 Å². The van der Waals surface area contributed by atoms with Crippen molar-refractivity contribution in [1.29, 1.82) is 0 Å². The van der Waals surface area contributed by atoms with E-state index in [1.54, 1.807) is 7.11 Å². The number of methoxy groups -OCH3 is 1. The Kier molecular flexibility index (Phi) is 4.39. The van der Waals surface area contributed by atoms with Gasteiger partial charge in [-0.2, -0.15) is 0 Å². The molecule has 0 radical (unpaired) electrons. The van der Waals surface area contributed by atoms with E-state index in [2.05, 4.69) is 22.9 Å². The SMILES string of the molecule is COc1ccccc1NC(=O)CNC1(C)CCNC1. The second-order valence-corrected chi connectivity index (χ2v) is 5.09. The number of para-hydroxylation sites is 2. The van der Waals surface area contributed by atoms with Crippen LogP contribution >= 0.6 is 0 Å². The minimum absolute atomic E-state index is 0.0120. The Bertz CT molecular complexity index is 442. The lowest BCUT2D eigenvalue weighted by Gasteiger charge is -2.24. The first-order chi connectivity index (χ1) is 9.13. The van der Waals surface area contributed by atoms with Crippen LogP contribution in [0.5, 0.6) is 5.75 Å². The van der Waals surface area contributed by atoms with Crippen LogP contribution in [0.1, 0.15) is 13.3 Å². The van der Waals surface area contributed by atoms with Gasteiger partial charge in [0.05, 0.1) is 19.3 Å². The molecule has 5 heteroatoms. The van der Waals surface area contributed by atoms with Gasteiger partial charge in [0.25, 0.3) is 0 Å². The van der Waals surface area contributed by atoms with Crippen LogP contribution in [-0.2, 0) is 4.79 Å². The quantitative estimate of drug-likeness (QED) is 0.741. The number of hydrogen-bond donors (Lipinski definition) is 3. The smallest absolute Gasteiger partial charge is 0.238 e. The molecular formula is C14H21N3O2. The number of anilines is 1. The van der Waals surface area contributed by atoms with Crippen LogP contribution in [0.4, 0.5) is 5.69 Å². The van der Waals surface area contributed by atoms with E-state index in [1.165, 1.54) is 0 Å². The van der Waals surface area contributed by atoms with Crippen molar-refractivity contribution < 1.29 is 9.53 Å². The first-order valence-corrected chi connectivity index (χ1v) is 6.52. The molecule has 0 saturated carbocycles. The molecule has 0 aromatic heterocycles. The van der Waals surface area contributed by atoms with E-state index < -0.39 is 0 Å². The van der Waals surface area contributed by atoms with Crippen LogP contribution < -0.4 is 20.7 Å². The van der Waals surface area contributed by atoms with Crippen molar-refractivity contribution >= 4 is 11.6 Å². The van der Waals surface area contributed by atoms with Crippen LogP contribution in [-0.4, -0.2) is 38.2 Å². The molecule has 1 heterocycles. The molecule has 1 aliphatic heterocycles. The molecular weight excluding hydrogens is 242 g/mol. The summed E-state index contributed by atoms with van der Waals surface area (Å²) >= 11 is 0. The standard InChI is InChI=1S/C14H21N3O2/c1-14(7-8-15-10-14)16-9-13(18)17-11-5-3-4-6-12(11)19-2/h3-6,15-16H,7-10H2,1-2H3,(H,17,18). The Balaban J connectivity index is 1.87. The maximum atomic E-state index is 11.9. The van der Waals surface area contributed by atoms with Gasteiger partial charge in [0.2, 0.25) is 5.91 Å². The van der Waals surface area contributed by atoms with Gasteiger partial charge >= 0.3 is 0 Å². The van der Waals surface area contributed by atoms with Gasteiger partial charge in [-0.3, -0.25) is 4.79 Å². The van der Waals surface area contributed by atoms with E-state index in [4.69, 9.17) is 4.74 Å². The summed E-state index contributed by atoms with van der Waals surface area (Å²) in [5, 5.41) is 9.45. The second-order valence-electron chi connectivity index (χ2n) is 5.09. The summed E-state index contributed by atoms with van der Waals surface area (Å²) in [5.74, 6) is 0.613. The highest BCUT2D eigenvalue weighted by molar-refractivity contribution is 5.93. The number of ether oxygens (including phenoxy) is 1. The van der Waals surface area contributed by atoms with Gasteiger partial charge in [-0.05, 0) is 32.0 Å². The molecule has 1 aliphatic rings. The Morgan fingerprint density at radius 3 is 2.95 bits per heavy atom. The topological polar surface area (TPSA) is 62.4 Å². The molecule has 1 aromatic rings. The van der Waals surface area contributed by atoms with E-state index in [9.17, 15) is 4.79 Å². The summed E-state index contributed by atoms with van der Waals surface area (Å²) in [6.07, 6.45) is 1.04. The Morgan fingerprint density at radius 1 is 1.47 bits per heavy atom. The number of hydrogen-bond acceptors (Lipinski definition) is 4. The Hall–Kier alpha value is -1.59. The summed E-state index contributed by atoms with van der Waals surface area (Å²) in [5.41, 5.74) is 0.712. The van der Waals surface area contributed by atoms with Crippen LogP contribution in [0.3, 0.4) is 0 Å². The van der Waals surface area contributed by atoms with Crippen LogP contribution in [0.2, 0.25) is 0 Å². The number of rotatable bonds is 5. The van der Waals surface area contributed by atoms with E-state index in [-0.39, 0.29) is 11.4 Å².